The summed E-state index contributed by atoms with van der Waals surface area (Å²) in [6.07, 6.45) is -10.2. The van der Waals surface area contributed by atoms with Crippen LogP contribution in [0.3, 0.4) is 0 Å². The molecule has 18 heteroatoms. The van der Waals surface area contributed by atoms with Crippen LogP contribution in [0.2, 0.25) is 0 Å². The Hall–Kier alpha value is -5.85. The van der Waals surface area contributed by atoms with Crippen molar-refractivity contribution in [3.63, 3.8) is 0 Å². The second-order valence-electron chi connectivity index (χ2n) is 9.79. The molecule has 2 aliphatic heterocycles. The number of aliphatic hydroxyl groups excluding tert-OH is 2. The summed E-state index contributed by atoms with van der Waals surface area (Å²) >= 11 is 0. The molecular formula is C27H22O18. The number of aliphatic hydroxyl groups is 2. The first-order valence-electron chi connectivity index (χ1n) is 12.5. The highest BCUT2D eigenvalue weighted by molar-refractivity contribution is 6.08. The van der Waals surface area contributed by atoms with Crippen molar-refractivity contribution >= 4 is 17.9 Å². The minimum Gasteiger partial charge on any atom is -0.504 e. The predicted molar refractivity (Wildman–Crippen MR) is 139 cm³/mol. The molecule has 3 aromatic rings. The van der Waals surface area contributed by atoms with E-state index in [1.54, 1.807) is 0 Å². The normalized spacial score (nSPS) is 22.9. The maximum atomic E-state index is 13.5. The van der Waals surface area contributed by atoms with Crippen molar-refractivity contribution in [1.29, 1.82) is 0 Å². The molecule has 0 aromatic heterocycles. The van der Waals surface area contributed by atoms with Gasteiger partial charge in [-0.2, -0.15) is 0 Å². The lowest BCUT2D eigenvalue weighted by Gasteiger charge is -2.41. The average molecular weight is 634 g/mol. The molecule has 0 aliphatic carbocycles. The first-order valence-corrected chi connectivity index (χ1v) is 12.5. The van der Waals surface area contributed by atoms with Crippen LogP contribution >= 0.6 is 0 Å². The third kappa shape index (κ3) is 5.07. The maximum Gasteiger partial charge on any atom is 0.340 e. The van der Waals surface area contributed by atoms with Gasteiger partial charge in [-0.3, -0.25) is 0 Å². The van der Waals surface area contributed by atoms with E-state index in [9.17, 15) is 70.6 Å². The zero-order valence-corrected chi connectivity index (χ0v) is 22.2. The largest absolute Gasteiger partial charge is 0.504 e. The second kappa shape index (κ2) is 11.0. The smallest absolute Gasteiger partial charge is 0.340 e. The molecule has 5 rings (SSSR count). The summed E-state index contributed by atoms with van der Waals surface area (Å²) in [5, 5.41) is 113. The molecule has 1 saturated heterocycles. The molecular weight excluding hydrogens is 612 g/mol. The molecule has 45 heavy (non-hydrogen) atoms. The van der Waals surface area contributed by atoms with Crippen LogP contribution in [0.5, 0.6) is 51.7 Å². The van der Waals surface area contributed by atoms with Crippen molar-refractivity contribution in [2.24, 2.45) is 0 Å². The lowest BCUT2D eigenvalue weighted by Crippen LogP contribution is -2.61. The lowest BCUT2D eigenvalue weighted by molar-refractivity contribution is -0.284. The number of hydrogen-bond acceptors (Lipinski definition) is 18. The van der Waals surface area contributed by atoms with Crippen molar-refractivity contribution in [1.82, 2.24) is 0 Å². The minimum atomic E-state index is -2.22. The summed E-state index contributed by atoms with van der Waals surface area (Å²) in [4.78, 5) is 39.4. The predicted octanol–water partition coefficient (Wildman–Crippen LogP) is -0.297. The standard InChI is InChI=1S/C27H22O18/c28-9-1-6(2-10(29)16(9)32)24(39)45-27-22(38)23-19(35)13(43-27)5-42-25(40)7-3-11(30)17(33)20(36)14(7)15-8(26(41)44-23)4-12(31)18(34)21(15)37/h1-4,13,19,22-23,27-38H,5H2/t13-,19+,22-,23-,27-/m0/s1. The van der Waals surface area contributed by atoms with E-state index in [4.69, 9.17) is 18.9 Å². The number of carbonyl (C=O) groups excluding carboxylic acids is 3. The maximum absolute atomic E-state index is 13.5. The molecule has 0 spiro atoms. The number of rotatable bonds is 2. The van der Waals surface area contributed by atoms with Crippen molar-refractivity contribution < 1.29 is 89.5 Å². The number of hydrogen-bond donors (Lipinski definition) is 11. The van der Waals surface area contributed by atoms with E-state index >= 15 is 0 Å². The van der Waals surface area contributed by atoms with E-state index in [2.05, 4.69) is 0 Å². The van der Waals surface area contributed by atoms with Crippen LogP contribution in [0, 0.1) is 0 Å². The third-order valence-electron chi connectivity index (χ3n) is 6.99. The molecule has 0 saturated carbocycles. The molecule has 0 unspecified atom stereocenters. The van der Waals surface area contributed by atoms with Crippen LogP contribution in [-0.2, 0) is 18.9 Å². The number of esters is 3. The first kappa shape index (κ1) is 30.6. The number of benzene rings is 3. The van der Waals surface area contributed by atoms with Crippen LogP contribution in [0.25, 0.3) is 11.1 Å². The van der Waals surface area contributed by atoms with E-state index in [0.717, 1.165) is 0 Å². The molecule has 0 amide bonds. The van der Waals surface area contributed by atoms with Crippen LogP contribution in [0.4, 0.5) is 0 Å². The fraction of sp³-hybridized carbons (Fsp3) is 0.222. The summed E-state index contributed by atoms with van der Waals surface area (Å²) < 4.78 is 20.8. The van der Waals surface area contributed by atoms with Crippen molar-refractivity contribution in [2.45, 2.75) is 30.7 Å². The van der Waals surface area contributed by atoms with Gasteiger partial charge >= 0.3 is 17.9 Å². The first-order chi connectivity index (χ1) is 21.1. The Bertz CT molecular complexity index is 1730. The van der Waals surface area contributed by atoms with Gasteiger partial charge in [0.2, 0.25) is 17.8 Å². The number of aromatic hydroxyl groups is 9. The van der Waals surface area contributed by atoms with Crippen molar-refractivity contribution in [3.8, 4) is 62.9 Å². The van der Waals surface area contributed by atoms with Crippen LogP contribution in [0.1, 0.15) is 31.1 Å². The van der Waals surface area contributed by atoms with Crippen LogP contribution in [-0.4, -0.2) is 111 Å². The monoisotopic (exact) mass is 634 g/mol. The Labute approximate surface area is 248 Å². The Morgan fingerprint density at radius 1 is 0.667 bits per heavy atom. The minimum absolute atomic E-state index is 0.508. The molecule has 238 valence electrons. The second-order valence-corrected chi connectivity index (χ2v) is 9.79. The Morgan fingerprint density at radius 2 is 1.16 bits per heavy atom. The van der Waals surface area contributed by atoms with Crippen LogP contribution < -0.4 is 0 Å². The van der Waals surface area contributed by atoms with Crippen molar-refractivity contribution in [2.75, 3.05) is 6.61 Å². The van der Waals surface area contributed by atoms with Gasteiger partial charge < -0.3 is 75.1 Å². The average Bonchev–Trinajstić information content (AvgIpc) is 2.99. The van der Waals surface area contributed by atoms with Gasteiger partial charge in [0, 0.05) is 11.1 Å². The van der Waals surface area contributed by atoms with E-state index in [-0.39, 0.29) is 0 Å². The molecule has 5 atom stereocenters. The SMILES string of the molecule is O=C(O[C@@H]1O[C@H]2COC(=O)c3cc(O)c(O)c(O)c3-c3c(cc(O)c(O)c3O)C(=O)O[C@H]([C@@H]1O)[C@@H]2O)c1cc(O)c(O)c(O)c1. The van der Waals surface area contributed by atoms with E-state index in [0.29, 0.717) is 24.3 Å². The molecule has 1 fully saturated rings. The zero-order chi connectivity index (χ0) is 33.1. The Kier molecular flexibility index (Phi) is 7.49. The number of phenolic OH excluding ortho intramolecular Hbond substituents is 9. The molecule has 18 nitrogen and oxygen atoms in total. The fourth-order valence-corrected chi connectivity index (χ4v) is 4.71. The molecule has 2 aliphatic rings. The van der Waals surface area contributed by atoms with Gasteiger partial charge in [0.05, 0.1) is 16.7 Å². The Balaban J connectivity index is 1.61. The van der Waals surface area contributed by atoms with Gasteiger partial charge in [-0.15, -0.1) is 0 Å². The van der Waals surface area contributed by atoms with Crippen LogP contribution in [0.15, 0.2) is 24.3 Å². The lowest BCUT2D eigenvalue weighted by atomic mass is 9.91. The summed E-state index contributed by atoms with van der Waals surface area (Å²) in [7, 11) is 0. The third-order valence-corrected chi connectivity index (χ3v) is 6.99. The van der Waals surface area contributed by atoms with E-state index < -0.39 is 135 Å². The van der Waals surface area contributed by atoms with Gasteiger partial charge in [-0.05, 0) is 24.3 Å². The van der Waals surface area contributed by atoms with Gasteiger partial charge in [0.1, 0.15) is 18.8 Å². The Morgan fingerprint density at radius 3 is 1.69 bits per heavy atom. The van der Waals surface area contributed by atoms with Gasteiger partial charge in [0.25, 0.3) is 0 Å². The topological polar surface area (TPSA) is 311 Å². The number of carbonyl (C=O) groups is 3. The molecule has 0 radical (unpaired) electrons. The van der Waals surface area contributed by atoms with Gasteiger partial charge in [-0.1, -0.05) is 0 Å². The highest BCUT2D eigenvalue weighted by atomic mass is 16.7. The number of phenols is 9. The number of ether oxygens (including phenoxy) is 4. The highest BCUT2D eigenvalue weighted by Gasteiger charge is 2.50. The quantitative estimate of drug-likeness (QED) is 0.0979. The van der Waals surface area contributed by atoms with E-state index in [1.807, 2.05) is 0 Å². The fourth-order valence-electron chi connectivity index (χ4n) is 4.71. The summed E-state index contributed by atoms with van der Waals surface area (Å²) in [5.74, 6) is -14.5. The molecule has 11 N–H and O–H groups in total. The van der Waals surface area contributed by atoms with E-state index in [1.165, 1.54) is 0 Å². The molecule has 2 bridgehead atoms. The number of fused-ring (bicyclic) bond motifs is 5. The molecule has 3 aromatic carbocycles. The summed E-state index contributed by atoms with van der Waals surface area (Å²) in [5.41, 5.74) is -4.12. The van der Waals surface area contributed by atoms with Gasteiger partial charge in [-0.25, -0.2) is 14.4 Å². The molecule has 2 heterocycles. The highest BCUT2D eigenvalue weighted by Crippen LogP contribution is 2.53. The zero-order valence-electron chi connectivity index (χ0n) is 22.2. The van der Waals surface area contributed by atoms with Crippen molar-refractivity contribution in [3.05, 3.63) is 41.0 Å². The number of cyclic esters (lactones) is 1. The summed E-state index contributed by atoms with van der Waals surface area (Å²) in [6, 6.07) is 2.45. The summed E-state index contributed by atoms with van der Waals surface area (Å²) in [6.45, 7) is -0.947. The van der Waals surface area contributed by atoms with Gasteiger partial charge in [0.15, 0.2) is 52.5 Å².